The summed E-state index contributed by atoms with van der Waals surface area (Å²) in [7, 11) is 0. The van der Waals surface area contributed by atoms with Crippen LogP contribution in [0.15, 0.2) is 54.6 Å². The van der Waals surface area contributed by atoms with Crippen LogP contribution in [0.5, 0.6) is 0 Å². The van der Waals surface area contributed by atoms with Gasteiger partial charge in [-0.3, -0.25) is 14.5 Å². The first-order valence-electron chi connectivity index (χ1n) is 9.11. The van der Waals surface area contributed by atoms with E-state index in [4.69, 9.17) is 0 Å². The van der Waals surface area contributed by atoms with Crippen molar-refractivity contribution in [3.8, 4) is 0 Å². The Balaban J connectivity index is 1.40. The molecule has 136 valence electrons. The molecule has 3 rings (SSSR count). The molecule has 0 aromatic heterocycles. The van der Waals surface area contributed by atoms with Crippen molar-refractivity contribution in [1.82, 2.24) is 10.2 Å². The van der Waals surface area contributed by atoms with Gasteiger partial charge < -0.3 is 10.6 Å². The maximum atomic E-state index is 12.0. The van der Waals surface area contributed by atoms with Crippen LogP contribution in [0.4, 0.5) is 5.69 Å². The van der Waals surface area contributed by atoms with Gasteiger partial charge in [0.2, 0.25) is 11.8 Å². The lowest BCUT2D eigenvalue weighted by Crippen LogP contribution is -2.33. The van der Waals surface area contributed by atoms with Crippen molar-refractivity contribution >= 4 is 17.5 Å². The third-order valence-corrected chi connectivity index (χ3v) is 4.50. The van der Waals surface area contributed by atoms with Crippen LogP contribution in [0, 0.1) is 0 Å². The molecule has 0 atom stereocenters. The van der Waals surface area contributed by atoms with Crippen LogP contribution >= 0.6 is 0 Å². The van der Waals surface area contributed by atoms with Gasteiger partial charge in [0.05, 0.1) is 13.0 Å². The molecule has 26 heavy (non-hydrogen) atoms. The van der Waals surface area contributed by atoms with Gasteiger partial charge in [0.25, 0.3) is 0 Å². The van der Waals surface area contributed by atoms with E-state index in [1.165, 1.54) is 31.5 Å². The standard InChI is InChI=1S/C21H25N3O2/c25-20(14-17-6-2-1-3-7-17)22-15-21(26)23-19-10-8-18(9-11-19)16-24-12-4-5-13-24/h1-3,6-11H,4-5,12-16H2,(H,22,25)(H,23,26). The van der Waals surface area contributed by atoms with Crippen LogP contribution in [-0.2, 0) is 22.6 Å². The Morgan fingerprint density at radius 3 is 2.23 bits per heavy atom. The third-order valence-electron chi connectivity index (χ3n) is 4.50. The summed E-state index contributed by atoms with van der Waals surface area (Å²) >= 11 is 0. The average Bonchev–Trinajstić information content (AvgIpc) is 3.16. The topological polar surface area (TPSA) is 61.4 Å². The van der Waals surface area contributed by atoms with E-state index in [0.717, 1.165) is 17.8 Å². The Bertz CT molecular complexity index is 723. The average molecular weight is 351 g/mol. The summed E-state index contributed by atoms with van der Waals surface area (Å²) in [5.41, 5.74) is 2.93. The highest BCUT2D eigenvalue weighted by molar-refractivity contribution is 5.94. The number of amides is 2. The van der Waals surface area contributed by atoms with Gasteiger partial charge in [-0.2, -0.15) is 0 Å². The number of likely N-dealkylation sites (tertiary alicyclic amines) is 1. The number of benzene rings is 2. The first-order valence-corrected chi connectivity index (χ1v) is 9.11. The molecule has 0 saturated carbocycles. The van der Waals surface area contributed by atoms with Crippen LogP contribution in [0.25, 0.3) is 0 Å². The summed E-state index contributed by atoms with van der Waals surface area (Å²) in [5, 5.41) is 5.47. The van der Waals surface area contributed by atoms with Crippen molar-refractivity contribution in [2.24, 2.45) is 0 Å². The molecule has 0 aliphatic carbocycles. The number of nitrogens with one attached hydrogen (secondary N) is 2. The molecule has 1 aliphatic heterocycles. The summed E-state index contributed by atoms with van der Waals surface area (Å²) < 4.78 is 0. The Labute approximate surface area is 154 Å². The zero-order valence-corrected chi connectivity index (χ0v) is 14.9. The van der Waals surface area contributed by atoms with Crippen LogP contribution in [-0.4, -0.2) is 36.3 Å². The summed E-state index contributed by atoms with van der Waals surface area (Å²) in [6.45, 7) is 3.27. The molecule has 5 nitrogen and oxygen atoms in total. The smallest absolute Gasteiger partial charge is 0.243 e. The highest BCUT2D eigenvalue weighted by Crippen LogP contribution is 2.15. The normalized spacial score (nSPS) is 14.2. The van der Waals surface area contributed by atoms with Gasteiger partial charge in [0, 0.05) is 12.2 Å². The molecule has 1 aliphatic rings. The SMILES string of the molecule is O=C(Cc1ccccc1)NCC(=O)Nc1ccc(CN2CCCC2)cc1. The number of hydrogen-bond acceptors (Lipinski definition) is 3. The lowest BCUT2D eigenvalue weighted by molar-refractivity contribution is -0.123. The van der Waals surface area contributed by atoms with E-state index in [0.29, 0.717) is 0 Å². The summed E-state index contributed by atoms with van der Waals surface area (Å²) in [4.78, 5) is 26.3. The quantitative estimate of drug-likeness (QED) is 0.806. The van der Waals surface area contributed by atoms with Gasteiger partial charge in [0.1, 0.15) is 0 Å². The van der Waals surface area contributed by atoms with E-state index in [9.17, 15) is 9.59 Å². The van der Waals surface area contributed by atoms with E-state index in [-0.39, 0.29) is 24.8 Å². The first kappa shape index (κ1) is 18.1. The number of anilines is 1. The van der Waals surface area contributed by atoms with E-state index >= 15 is 0 Å². The maximum absolute atomic E-state index is 12.0. The number of carbonyl (C=O) groups excluding carboxylic acids is 2. The van der Waals surface area contributed by atoms with E-state index in [2.05, 4.69) is 15.5 Å². The van der Waals surface area contributed by atoms with Crippen molar-refractivity contribution < 1.29 is 9.59 Å². The molecular formula is C21H25N3O2. The van der Waals surface area contributed by atoms with Crippen LogP contribution in [0.2, 0.25) is 0 Å². The second kappa shape index (κ2) is 9.15. The lowest BCUT2D eigenvalue weighted by atomic mass is 10.1. The summed E-state index contributed by atoms with van der Waals surface area (Å²) in [5.74, 6) is -0.383. The molecule has 2 amide bonds. The van der Waals surface area contributed by atoms with Crippen LogP contribution in [0.3, 0.4) is 0 Å². The van der Waals surface area contributed by atoms with E-state index in [1.807, 2.05) is 54.6 Å². The molecular weight excluding hydrogens is 326 g/mol. The van der Waals surface area contributed by atoms with E-state index in [1.54, 1.807) is 0 Å². The number of hydrogen-bond donors (Lipinski definition) is 2. The Morgan fingerprint density at radius 1 is 0.846 bits per heavy atom. The van der Waals surface area contributed by atoms with Crippen molar-refractivity contribution in [3.05, 3.63) is 65.7 Å². The Morgan fingerprint density at radius 2 is 1.54 bits per heavy atom. The Hall–Kier alpha value is -2.66. The molecule has 0 spiro atoms. The van der Waals surface area contributed by atoms with Gasteiger partial charge in [-0.1, -0.05) is 42.5 Å². The molecule has 2 aromatic rings. The zero-order valence-electron chi connectivity index (χ0n) is 14.9. The first-order chi connectivity index (χ1) is 12.7. The van der Waals surface area contributed by atoms with Gasteiger partial charge in [-0.25, -0.2) is 0 Å². The molecule has 5 heteroatoms. The molecule has 1 heterocycles. The van der Waals surface area contributed by atoms with Gasteiger partial charge in [-0.05, 0) is 49.2 Å². The second-order valence-electron chi connectivity index (χ2n) is 6.67. The van der Waals surface area contributed by atoms with Crippen molar-refractivity contribution in [3.63, 3.8) is 0 Å². The molecule has 2 N–H and O–H groups in total. The molecule has 0 unspecified atom stereocenters. The molecule has 1 fully saturated rings. The van der Waals surface area contributed by atoms with Gasteiger partial charge in [-0.15, -0.1) is 0 Å². The minimum atomic E-state index is -0.223. The predicted molar refractivity (Wildman–Crippen MR) is 103 cm³/mol. The van der Waals surface area contributed by atoms with E-state index < -0.39 is 0 Å². The minimum Gasteiger partial charge on any atom is -0.347 e. The van der Waals surface area contributed by atoms with Crippen molar-refractivity contribution in [2.45, 2.75) is 25.8 Å². The third kappa shape index (κ3) is 5.70. The summed E-state index contributed by atoms with van der Waals surface area (Å²) in [6.07, 6.45) is 2.84. The largest absolute Gasteiger partial charge is 0.347 e. The highest BCUT2D eigenvalue weighted by atomic mass is 16.2. The zero-order chi connectivity index (χ0) is 18.2. The number of rotatable bonds is 7. The summed E-state index contributed by atoms with van der Waals surface area (Å²) in [6, 6.07) is 17.4. The fourth-order valence-corrected chi connectivity index (χ4v) is 3.12. The van der Waals surface area contributed by atoms with Gasteiger partial charge >= 0.3 is 0 Å². The molecule has 0 bridgehead atoms. The van der Waals surface area contributed by atoms with Crippen LogP contribution in [0.1, 0.15) is 24.0 Å². The highest BCUT2D eigenvalue weighted by Gasteiger charge is 2.12. The molecule has 1 saturated heterocycles. The van der Waals surface area contributed by atoms with Crippen molar-refractivity contribution in [1.29, 1.82) is 0 Å². The van der Waals surface area contributed by atoms with Crippen LogP contribution < -0.4 is 10.6 Å². The minimum absolute atomic E-state index is 0.0266. The lowest BCUT2D eigenvalue weighted by Gasteiger charge is -2.14. The fraction of sp³-hybridized carbons (Fsp3) is 0.333. The number of nitrogens with zero attached hydrogens (tertiary/aromatic N) is 1. The fourth-order valence-electron chi connectivity index (χ4n) is 3.12. The molecule has 2 aromatic carbocycles. The Kier molecular flexibility index (Phi) is 6.39. The van der Waals surface area contributed by atoms with Crippen molar-refractivity contribution in [2.75, 3.05) is 25.0 Å². The van der Waals surface area contributed by atoms with Gasteiger partial charge in [0.15, 0.2) is 0 Å². The predicted octanol–water partition coefficient (Wildman–Crippen LogP) is 2.58. The number of carbonyl (C=O) groups is 2. The monoisotopic (exact) mass is 351 g/mol. The second-order valence-corrected chi connectivity index (χ2v) is 6.67. The molecule has 0 radical (unpaired) electrons. The maximum Gasteiger partial charge on any atom is 0.243 e.